The molecule has 3 rings (SSSR count). The first-order valence-corrected chi connectivity index (χ1v) is 7.37. The Labute approximate surface area is 109 Å². The Hall–Kier alpha value is -0.770. The van der Waals surface area contributed by atoms with Gasteiger partial charge in [-0.05, 0) is 44.4 Å². The predicted molar refractivity (Wildman–Crippen MR) is 69.1 cm³/mol. The lowest BCUT2D eigenvalue weighted by Gasteiger charge is -2.26. The SMILES string of the molecule is C[C@H](O)[C@H]1CCN(C(=O)N[C@@H]2C[C@H]3CC[C@H]2C3)C1. The molecule has 0 spiro atoms. The van der Waals surface area contributed by atoms with Gasteiger partial charge in [0.25, 0.3) is 0 Å². The molecular formula is C14H24N2O2. The van der Waals surface area contributed by atoms with Crippen LogP contribution in [0.15, 0.2) is 0 Å². The molecule has 2 bridgehead atoms. The third-order valence-electron chi connectivity index (χ3n) is 5.24. The number of carbonyl (C=O) groups excluding carboxylic acids is 1. The normalized spacial score (nSPS) is 40.2. The Bertz CT molecular complexity index is 332. The molecule has 0 aromatic heterocycles. The Morgan fingerprint density at radius 3 is 2.72 bits per heavy atom. The zero-order chi connectivity index (χ0) is 12.7. The summed E-state index contributed by atoms with van der Waals surface area (Å²) in [6.07, 6.45) is 5.80. The van der Waals surface area contributed by atoms with Crippen molar-refractivity contribution < 1.29 is 9.90 Å². The van der Waals surface area contributed by atoms with Gasteiger partial charge in [-0.3, -0.25) is 0 Å². The summed E-state index contributed by atoms with van der Waals surface area (Å²) < 4.78 is 0. The molecule has 0 radical (unpaired) electrons. The van der Waals surface area contributed by atoms with Gasteiger partial charge in [-0.15, -0.1) is 0 Å². The molecule has 1 saturated heterocycles. The first kappa shape index (κ1) is 12.3. The molecule has 2 aliphatic carbocycles. The number of urea groups is 1. The Balaban J connectivity index is 1.50. The van der Waals surface area contributed by atoms with Crippen molar-refractivity contribution in [3.8, 4) is 0 Å². The minimum Gasteiger partial charge on any atom is -0.393 e. The smallest absolute Gasteiger partial charge is 0.317 e. The molecule has 4 nitrogen and oxygen atoms in total. The van der Waals surface area contributed by atoms with Crippen molar-refractivity contribution in [3.05, 3.63) is 0 Å². The Kier molecular flexibility index (Phi) is 3.22. The highest BCUT2D eigenvalue weighted by atomic mass is 16.3. The monoisotopic (exact) mass is 252 g/mol. The highest BCUT2D eigenvalue weighted by Gasteiger charge is 2.41. The van der Waals surface area contributed by atoms with Crippen molar-refractivity contribution in [1.29, 1.82) is 0 Å². The van der Waals surface area contributed by atoms with Gasteiger partial charge in [0.05, 0.1) is 6.10 Å². The third-order valence-corrected chi connectivity index (χ3v) is 5.24. The van der Waals surface area contributed by atoms with E-state index in [1.807, 2.05) is 11.8 Å². The largest absolute Gasteiger partial charge is 0.393 e. The number of aliphatic hydroxyl groups excluding tert-OH is 1. The molecule has 2 saturated carbocycles. The van der Waals surface area contributed by atoms with Crippen LogP contribution in [0.3, 0.4) is 0 Å². The number of likely N-dealkylation sites (tertiary alicyclic amines) is 1. The minimum atomic E-state index is -0.301. The number of hydrogen-bond donors (Lipinski definition) is 2. The fraction of sp³-hybridized carbons (Fsp3) is 0.929. The second kappa shape index (κ2) is 4.72. The molecule has 4 heteroatoms. The fourth-order valence-electron chi connectivity index (χ4n) is 4.04. The molecule has 0 unspecified atom stereocenters. The molecule has 1 aliphatic heterocycles. The number of nitrogens with one attached hydrogen (secondary N) is 1. The average molecular weight is 252 g/mol. The first-order chi connectivity index (χ1) is 8.63. The van der Waals surface area contributed by atoms with Crippen molar-refractivity contribution in [1.82, 2.24) is 10.2 Å². The lowest BCUT2D eigenvalue weighted by atomic mass is 9.95. The van der Waals surface area contributed by atoms with Crippen molar-refractivity contribution >= 4 is 6.03 Å². The number of aliphatic hydroxyl groups is 1. The zero-order valence-corrected chi connectivity index (χ0v) is 11.1. The molecular weight excluding hydrogens is 228 g/mol. The zero-order valence-electron chi connectivity index (χ0n) is 11.1. The number of nitrogens with zero attached hydrogens (tertiary/aromatic N) is 1. The number of fused-ring (bicyclic) bond motifs is 2. The van der Waals surface area contributed by atoms with Crippen molar-refractivity contribution in [3.63, 3.8) is 0 Å². The highest BCUT2D eigenvalue weighted by Crippen LogP contribution is 2.44. The number of rotatable bonds is 2. The van der Waals surface area contributed by atoms with Crippen LogP contribution < -0.4 is 5.32 Å². The standard InChI is InChI=1S/C14H24N2O2/c1-9(17)12-4-5-16(8-12)14(18)15-13-7-10-2-3-11(13)6-10/h9-13,17H,2-8H2,1H3,(H,15,18)/t9-,10-,11-,12-,13+/m0/s1. The maximum atomic E-state index is 12.2. The van der Waals surface area contributed by atoms with E-state index in [9.17, 15) is 9.90 Å². The first-order valence-electron chi connectivity index (χ1n) is 7.37. The van der Waals surface area contributed by atoms with Crippen LogP contribution in [-0.2, 0) is 0 Å². The predicted octanol–water partition coefficient (Wildman–Crippen LogP) is 1.59. The number of hydrogen-bond acceptors (Lipinski definition) is 2. The van der Waals surface area contributed by atoms with E-state index < -0.39 is 0 Å². The second-order valence-electron chi connectivity index (χ2n) is 6.47. The summed E-state index contributed by atoms with van der Waals surface area (Å²) in [4.78, 5) is 14.1. The van der Waals surface area contributed by atoms with E-state index in [1.54, 1.807) is 0 Å². The summed E-state index contributed by atoms with van der Waals surface area (Å²) >= 11 is 0. The van der Waals surface area contributed by atoms with Gasteiger partial charge in [0.2, 0.25) is 0 Å². The van der Waals surface area contributed by atoms with Crippen molar-refractivity contribution in [2.75, 3.05) is 13.1 Å². The molecule has 0 aromatic rings. The number of carbonyl (C=O) groups is 1. The average Bonchev–Trinajstić information content (AvgIpc) is 3.04. The van der Waals surface area contributed by atoms with Gasteiger partial charge < -0.3 is 15.3 Å². The van der Waals surface area contributed by atoms with Crippen LogP contribution in [0.2, 0.25) is 0 Å². The quantitative estimate of drug-likeness (QED) is 0.784. The molecule has 3 fully saturated rings. The van der Waals surface area contributed by atoms with Crippen LogP contribution in [0.25, 0.3) is 0 Å². The maximum absolute atomic E-state index is 12.2. The lowest BCUT2D eigenvalue weighted by molar-refractivity contribution is 0.128. The van der Waals surface area contributed by atoms with Gasteiger partial charge >= 0.3 is 6.03 Å². The summed E-state index contributed by atoms with van der Waals surface area (Å²) in [6.45, 7) is 3.33. The van der Waals surface area contributed by atoms with Gasteiger partial charge in [-0.1, -0.05) is 6.42 Å². The van der Waals surface area contributed by atoms with E-state index in [-0.39, 0.29) is 18.1 Å². The van der Waals surface area contributed by atoms with E-state index in [2.05, 4.69) is 5.32 Å². The molecule has 102 valence electrons. The Morgan fingerprint density at radius 2 is 2.17 bits per heavy atom. The van der Waals surface area contributed by atoms with Gasteiger partial charge in [-0.2, -0.15) is 0 Å². The van der Waals surface area contributed by atoms with E-state index in [1.165, 1.54) is 25.7 Å². The van der Waals surface area contributed by atoms with Crippen LogP contribution in [-0.4, -0.2) is 41.3 Å². The van der Waals surface area contributed by atoms with Crippen LogP contribution >= 0.6 is 0 Å². The summed E-state index contributed by atoms with van der Waals surface area (Å²) in [6, 6.07) is 0.512. The van der Waals surface area contributed by atoms with Crippen LogP contribution in [0.1, 0.15) is 39.0 Å². The molecule has 3 aliphatic rings. The summed E-state index contributed by atoms with van der Waals surface area (Å²) in [5.74, 6) is 1.86. The summed E-state index contributed by atoms with van der Waals surface area (Å²) in [5, 5.41) is 12.8. The molecule has 2 amide bonds. The van der Waals surface area contributed by atoms with E-state index in [4.69, 9.17) is 0 Å². The van der Waals surface area contributed by atoms with Gasteiger partial charge in [-0.25, -0.2) is 4.79 Å². The van der Waals surface area contributed by atoms with Crippen LogP contribution in [0.5, 0.6) is 0 Å². The summed E-state index contributed by atoms with van der Waals surface area (Å²) in [7, 11) is 0. The minimum absolute atomic E-state index is 0.0932. The van der Waals surface area contributed by atoms with Crippen LogP contribution in [0.4, 0.5) is 4.79 Å². The molecule has 5 atom stereocenters. The maximum Gasteiger partial charge on any atom is 0.317 e. The molecule has 0 aromatic carbocycles. The highest BCUT2D eigenvalue weighted by molar-refractivity contribution is 5.75. The molecule has 18 heavy (non-hydrogen) atoms. The van der Waals surface area contributed by atoms with Crippen molar-refractivity contribution in [2.24, 2.45) is 17.8 Å². The molecule has 1 heterocycles. The second-order valence-corrected chi connectivity index (χ2v) is 6.47. The van der Waals surface area contributed by atoms with Gasteiger partial charge in [0, 0.05) is 25.0 Å². The topological polar surface area (TPSA) is 52.6 Å². The Morgan fingerprint density at radius 1 is 1.33 bits per heavy atom. The van der Waals surface area contributed by atoms with E-state index in [0.29, 0.717) is 12.6 Å². The van der Waals surface area contributed by atoms with Gasteiger partial charge in [0.1, 0.15) is 0 Å². The van der Waals surface area contributed by atoms with Gasteiger partial charge in [0.15, 0.2) is 0 Å². The lowest BCUT2D eigenvalue weighted by Crippen LogP contribution is -2.46. The van der Waals surface area contributed by atoms with Crippen LogP contribution in [0, 0.1) is 17.8 Å². The van der Waals surface area contributed by atoms with E-state index >= 15 is 0 Å². The fourth-order valence-corrected chi connectivity index (χ4v) is 4.04. The summed E-state index contributed by atoms with van der Waals surface area (Å²) in [5.41, 5.74) is 0. The van der Waals surface area contributed by atoms with E-state index in [0.717, 1.165) is 24.8 Å². The molecule has 2 N–H and O–H groups in total. The van der Waals surface area contributed by atoms with Crippen molar-refractivity contribution in [2.45, 2.75) is 51.2 Å². The third kappa shape index (κ3) is 2.22. The number of amides is 2.